The molecule has 0 aliphatic rings. The van der Waals surface area contributed by atoms with Crippen molar-refractivity contribution in [1.29, 1.82) is 0 Å². The third kappa shape index (κ3) is 11.3. The van der Waals surface area contributed by atoms with Crippen LogP contribution in [0.3, 0.4) is 0 Å². The molecule has 1 aromatic heterocycles. The van der Waals surface area contributed by atoms with Gasteiger partial charge in [0, 0.05) is 31.6 Å². The summed E-state index contributed by atoms with van der Waals surface area (Å²) in [6.07, 6.45) is 0.307. The second-order valence-corrected chi connectivity index (χ2v) is 11.3. The Morgan fingerprint density at radius 2 is 1.60 bits per heavy atom. The number of ether oxygens (including phenoxy) is 3. The second-order valence-electron chi connectivity index (χ2n) is 10.5. The van der Waals surface area contributed by atoms with Crippen molar-refractivity contribution in [3.63, 3.8) is 0 Å². The van der Waals surface area contributed by atoms with Crippen molar-refractivity contribution >= 4 is 47.0 Å². The minimum absolute atomic E-state index is 0.0921. The number of pyridine rings is 1. The Kier molecular flexibility index (Phi) is 12.5. The van der Waals surface area contributed by atoms with Gasteiger partial charge in [0.15, 0.2) is 0 Å². The van der Waals surface area contributed by atoms with Crippen molar-refractivity contribution in [2.24, 2.45) is 0 Å². The van der Waals surface area contributed by atoms with Crippen LogP contribution >= 0.6 is 23.2 Å². The van der Waals surface area contributed by atoms with Gasteiger partial charge in [-0.2, -0.15) is 0 Å². The van der Waals surface area contributed by atoms with Crippen LogP contribution in [-0.4, -0.2) is 61.4 Å². The van der Waals surface area contributed by atoms with Crippen LogP contribution in [0.2, 0.25) is 10.0 Å². The van der Waals surface area contributed by atoms with E-state index in [9.17, 15) is 14.4 Å². The predicted molar refractivity (Wildman–Crippen MR) is 166 cm³/mol. The molecule has 43 heavy (non-hydrogen) atoms. The van der Waals surface area contributed by atoms with Gasteiger partial charge in [-0.05, 0) is 62.7 Å². The molecular formula is C31H36Cl2N4O6. The van der Waals surface area contributed by atoms with E-state index in [-0.39, 0.29) is 22.0 Å². The standard InChI is InChI=1S/C31H36Cl2N4O6/c1-31(2,3)43-30(40)35-17-16-34-26-10-5-7-21(36-26)15-18-42-22-13-11-20(12-14-22)19-25(29(39)41-4)37-28(38)27-23(32)8-6-9-24(27)33/h5-14,25H,15-19H2,1-4H3,(H,34,36)(H,35,40)(H,37,38)/t25-/m0/s1. The van der Waals surface area contributed by atoms with Crippen LogP contribution in [0.5, 0.6) is 5.75 Å². The number of hydrogen-bond acceptors (Lipinski definition) is 8. The normalized spacial score (nSPS) is 11.7. The van der Waals surface area contributed by atoms with Crippen LogP contribution in [0.25, 0.3) is 0 Å². The monoisotopic (exact) mass is 630 g/mol. The minimum atomic E-state index is -0.948. The molecule has 1 atom stereocenters. The molecule has 0 aliphatic heterocycles. The Bertz CT molecular complexity index is 1380. The highest BCUT2D eigenvalue weighted by molar-refractivity contribution is 6.39. The second kappa shape index (κ2) is 16.0. The van der Waals surface area contributed by atoms with Gasteiger partial charge < -0.3 is 30.2 Å². The molecule has 2 aromatic carbocycles. The number of benzene rings is 2. The van der Waals surface area contributed by atoms with Gasteiger partial charge in [0.2, 0.25) is 0 Å². The number of aromatic nitrogens is 1. The summed E-state index contributed by atoms with van der Waals surface area (Å²) in [7, 11) is 1.26. The Morgan fingerprint density at radius 1 is 0.930 bits per heavy atom. The summed E-state index contributed by atoms with van der Waals surface area (Å²) in [5, 5.41) is 8.90. The first-order chi connectivity index (χ1) is 20.4. The lowest BCUT2D eigenvalue weighted by Crippen LogP contribution is -2.43. The summed E-state index contributed by atoms with van der Waals surface area (Å²) < 4.78 is 16.0. The molecule has 2 amide bonds. The van der Waals surface area contributed by atoms with Crippen LogP contribution in [0.1, 0.15) is 42.4 Å². The molecule has 0 aliphatic carbocycles. The zero-order valence-electron chi connectivity index (χ0n) is 24.5. The number of amides is 2. The maximum absolute atomic E-state index is 12.8. The fourth-order valence-corrected chi connectivity index (χ4v) is 4.47. The van der Waals surface area contributed by atoms with Crippen molar-refractivity contribution in [2.75, 3.05) is 32.1 Å². The summed E-state index contributed by atoms with van der Waals surface area (Å²) >= 11 is 12.3. The van der Waals surface area contributed by atoms with E-state index in [2.05, 4.69) is 20.9 Å². The Hall–Kier alpha value is -4.02. The Balaban J connectivity index is 1.47. The maximum Gasteiger partial charge on any atom is 0.407 e. The van der Waals surface area contributed by atoms with E-state index < -0.39 is 29.6 Å². The molecule has 12 heteroatoms. The first-order valence-electron chi connectivity index (χ1n) is 13.7. The molecule has 230 valence electrons. The third-order valence-corrected chi connectivity index (χ3v) is 6.51. The van der Waals surface area contributed by atoms with Crippen molar-refractivity contribution in [3.05, 3.63) is 87.5 Å². The van der Waals surface area contributed by atoms with E-state index in [1.807, 2.05) is 51.1 Å². The molecule has 3 rings (SSSR count). The lowest BCUT2D eigenvalue weighted by atomic mass is 10.0. The molecule has 0 bridgehead atoms. The Labute approximate surface area is 261 Å². The van der Waals surface area contributed by atoms with E-state index in [0.29, 0.717) is 37.7 Å². The fraction of sp³-hybridized carbons (Fsp3) is 0.355. The molecule has 3 aromatic rings. The van der Waals surface area contributed by atoms with Crippen molar-refractivity contribution in [1.82, 2.24) is 15.6 Å². The zero-order chi connectivity index (χ0) is 31.4. The molecule has 1 heterocycles. The van der Waals surface area contributed by atoms with E-state index >= 15 is 0 Å². The van der Waals surface area contributed by atoms with Gasteiger partial charge in [0.25, 0.3) is 5.91 Å². The number of carbonyl (C=O) groups excluding carboxylic acids is 3. The summed E-state index contributed by atoms with van der Waals surface area (Å²) in [5.74, 6) is 0.168. The van der Waals surface area contributed by atoms with Crippen LogP contribution < -0.4 is 20.7 Å². The first kappa shape index (κ1) is 33.5. The van der Waals surface area contributed by atoms with E-state index in [0.717, 1.165) is 11.3 Å². The number of nitrogens with zero attached hydrogens (tertiary/aromatic N) is 1. The van der Waals surface area contributed by atoms with Gasteiger partial charge in [-0.1, -0.05) is 47.5 Å². The number of nitrogens with one attached hydrogen (secondary N) is 3. The molecule has 10 nitrogen and oxygen atoms in total. The van der Waals surface area contributed by atoms with Gasteiger partial charge in [0.1, 0.15) is 23.2 Å². The third-order valence-electron chi connectivity index (χ3n) is 5.88. The van der Waals surface area contributed by atoms with E-state index in [4.69, 9.17) is 37.4 Å². The van der Waals surface area contributed by atoms with Crippen LogP contribution in [0, 0.1) is 0 Å². The highest BCUT2D eigenvalue weighted by atomic mass is 35.5. The van der Waals surface area contributed by atoms with E-state index in [1.165, 1.54) is 7.11 Å². The van der Waals surface area contributed by atoms with Crippen molar-refractivity contribution < 1.29 is 28.6 Å². The van der Waals surface area contributed by atoms with Crippen molar-refractivity contribution in [3.8, 4) is 5.75 Å². The first-order valence-corrected chi connectivity index (χ1v) is 14.4. The van der Waals surface area contributed by atoms with Crippen LogP contribution in [0.15, 0.2) is 60.7 Å². The number of carbonyl (C=O) groups is 3. The van der Waals surface area contributed by atoms with Gasteiger partial charge >= 0.3 is 12.1 Å². The van der Waals surface area contributed by atoms with E-state index in [1.54, 1.807) is 30.3 Å². The summed E-state index contributed by atoms with van der Waals surface area (Å²) in [6, 6.07) is 16.6. The summed E-state index contributed by atoms with van der Waals surface area (Å²) in [5.41, 5.74) is 1.18. The predicted octanol–water partition coefficient (Wildman–Crippen LogP) is 5.46. The Morgan fingerprint density at radius 3 is 2.26 bits per heavy atom. The maximum atomic E-state index is 12.8. The molecule has 0 unspecified atom stereocenters. The number of hydrogen-bond donors (Lipinski definition) is 3. The SMILES string of the molecule is COC(=O)[C@H](Cc1ccc(OCCc2cccc(NCCNC(=O)OC(C)(C)C)n2)cc1)NC(=O)c1c(Cl)cccc1Cl. The number of esters is 1. The summed E-state index contributed by atoms with van der Waals surface area (Å²) in [4.78, 5) is 41.5. The lowest BCUT2D eigenvalue weighted by molar-refractivity contribution is -0.142. The molecule has 3 N–H and O–H groups in total. The lowest BCUT2D eigenvalue weighted by Gasteiger charge is -2.19. The van der Waals surface area contributed by atoms with Crippen LogP contribution in [-0.2, 0) is 27.1 Å². The van der Waals surface area contributed by atoms with Gasteiger partial charge in [0.05, 0.1) is 29.3 Å². The van der Waals surface area contributed by atoms with Gasteiger partial charge in [-0.25, -0.2) is 14.6 Å². The average Bonchev–Trinajstić information content (AvgIpc) is 2.94. The molecule has 0 fully saturated rings. The summed E-state index contributed by atoms with van der Waals surface area (Å²) in [6.45, 7) is 6.72. The highest BCUT2D eigenvalue weighted by Crippen LogP contribution is 2.24. The van der Waals surface area contributed by atoms with Crippen molar-refractivity contribution in [2.45, 2.75) is 45.3 Å². The molecular weight excluding hydrogens is 595 g/mol. The minimum Gasteiger partial charge on any atom is -0.493 e. The quantitative estimate of drug-likeness (QED) is 0.168. The number of halogens is 2. The number of anilines is 1. The topological polar surface area (TPSA) is 128 Å². The molecule has 0 radical (unpaired) electrons. The van der Waals surface area contributed by atoms with Crippen LogP contribution in [0.4, 0.5) is 10.6 Å². The number of rotatable bonds is 13. The smallest absolute Gasteiger partial charge is 0.407 e. The van der Waals surface area contributed by atoms with Gasteiger partial charge in [-0.3, -0.25) is 4.79 Å². The fourth-order valence-electron chi connectivity index (χ4n) is 3.90. The molecule has 0 saturated heterocycles. The van der Waals surface area contributed by atoms with Gasteiger partial charge in [-0.15, -0.1) is 0 Å². The zero-order valence-corrected chi connectivity index (χ0v) is 26.1. The average molecular weight is 632 g/mol. The number of alkyl carbamates (subject to hydrolysis) is 1. The largest absolute Gasteiger partial charge is 0.493 e. The highest BCUT2D eigenvalue weighted by Gasteiger charge is 2.25. The molecule has 0 saturated carbocycles. The number of methoxy groups -OCH3 is 1. The molecule has 0 spiro atoms.